The Kier molecular flexibility index (Phi) is 5.09. The molecular weight excluding hydrogens is 152 g/mol. The zero-order chi connectivity index (χ0) is 9.56. The topological polar surface area (TPSA) is 26.3 Å². The van der Waals surface area contributed by atoms with Crippen molar-refractivity contribution >= 4 is 5.97 Å². The van der Waals surface area contributed by atoms with E-state index in [0.717, 1.165) is 5.57 Å². The molecule has 2 heteroatoms. The Labute approximate surface area is 73.9 Å². The van der Waals surface area contributed by atoms with E-state index < -0.39 is 0 Å². The number of allylic oxidation sites excluding steroid dienone is 1. The van der Waals surface area contributed by atoms with Crippen LogP contribution in [0.4, 0.5) is 0 Å². The minimum absolute atomic E-state index is 0.278. The molecule has 0 atom stereocenters. The zero-order valence-electron chi connectivity index (χ0n) is 7.96. The van der Waals surface area contributed by atoms with E-state index in [1.165, 1.54) is 6.08 Å². The maximum Gasteiger partial charge on any atom is 0.331 e. The van der Waals surface area contributed by atoms with Gasteiger partial charge in [-0.25, -0.2) is 4.79 Å². The van der Waals surface area contributed by atoms with Crippen LogP contribution in [0, 0.1) is 5.92 Å². The van der Waals surface area contributed by atoms with Gasteiger partial charge in [0.05, 0.1) is 0 Å². The van der Waals surface area contributed by atoms with Gasteiger partial charge in [0.2, 0.25) is 0 Å². The minimum Gasteiger partial charge on any atom is -0.458 e. The predicted octanol–water partition coefficient (Wildman–Crippen LogP) is 2.32. The Morgan fingerprint density at radius 2 is 2.17 bits per heavy atom. The normalized spacial score (nSPS) is 11.5. The van der Waals surface area contributed by atoms with Crippen LogP contribution in [0.2, 0.25) is 0 Å². The first-order chi connectivity index (χ1) is 5.57. The summed E-state index contributed by atoms with van der Waals surface area (Å²) in [4.78, 5) is 11.0. The van der Waals surface area contributed by atoms with Crippen molar-refractivity contribution in [2.75, 3.05) is 6.61 Å². The number of carbonyl (C=O) groups is 1. The molecule has 0 spiro atoms. The van der Waals surface area contributed by atoms with Crippen molar-refractivity contribution in [3.05, 3.63) is 24.3 Å². The second-order valence-electron chi connectivity index (χ2n) is 2.96. The van der Waals surface area contributed by atoms with Crippen LogP contribution < -0.4 is 0 Å². The smallest absolute Gasteiger partial charge is 0.331 e. The van der Waals surface area contributed by atoms with Gasteiger partial charge >= 0.3 is 5.97 Å². The first kappa shape index (κ1) is 11.0. The summed E-state index contributed by atoms with van der Waals surface area (Å²) in [5.74, 6) is 0.0994. The van der Waals surface area contributed by atoms with Gasteiger partial charge < -0.3 is 4.74 Å². The molecule has 0 bridgehead atoms. The van der Waals surface area contributed by atoms with Crippen molar-refractivity contribution < 1.29 is 9.53 Å². The molecule has 2 nitrogen and oxygen atoms in total. The molecule has 0 radical (unpaired) electrons. The number of rotatable bonds is 4. The first-order valence-electron chi connectivity index (χ1n) is 4.03. The second-order valence-corrected chi connectivity index (χ2v) is 2.96. The standard InChI is InChI=1S/C10H16O2/c1-5-6-12-10(11)7-9(4)8(2)3/h5,7-8H,1,6H2,2-4H3. The van der Waals surface area contributed by atoms with Crippen molar-refractivity contribution in [2.45, 2.75) is 20.8 Å². The number of ether oxygens (including phenoxy) is 1. The Morgan fingerprint density at radius 3 is 2.58 bits per heavy atom. The predicted molar refractivity (Wildman–Crippen MR) is 49.8 cm³/mol. The lowest BCUT2D eigenvalue weighted by Gasteiger charge is -2.03. The first-order valence-corrected chi connectivity index (χ1v) is 4.03. The number of hydrogen-bond acceptors (Lipinski definition) is 2. The highest BCUT2D eigenvalue weighted by Crippen LogP contribution is 2.07. The van der Waals surface area contributed by atoms with Gasteiger partial charge in [0, 0.05) is 6.08 Å². The SMILES string of the molecule is C=CCOC(=O)C=C(C)C(C)C. The fourth-order valence-electron chi connectivity index (χ4n) is 0.535. The molecule has 0 aromatic heterocycles. The summed E-state index contributed by atoms with van der Waals surface area (Å²) in [6.07, 6.45) is 3.07. The minimum atomic E-state index is -0.291. The summed E-state index contributed by atoms with van der Waals surface area (Å²) in [7, 11) is 0. The van der Waals surface area contributed by atoms with Crippen LogP contribution in [0.1, 0.15) is 20.8 Å². The van der Waals surface area contributed by atoms with E-state index in [2.05, 4.69) is 6.58 Å². The van der Waals surface area contributed by atoms with Gasteiger partial charge in [0.25, 0.3) is 0 Å². The largest absolute Gasteiger partial charge is 0.458 e. The van der Waals surface area contributed by atoms with Crippen LogP contribution in [0.15, 0.2) is 24.3 Å². The molecule has 12 heavy (non-hydrogen) atoms. The average Bonchev–Trinajstić information content (AvgIpc) is 2.00. The van der Waals surface area contributed by atoms with Crippen LogP contribution in [-0.4, -0.2) is 12.6 Å². The number of hydrogen-bond donors (Lipinski definition) is 0. The number of esters is 1. The van der Waals surface area contributed by atoms with Gasteiger partial charge in [-0.15, -0.1) is 0 Å². The zero-order valence-corrected chi connectivity index (χ0v) is 7.96. The van der Waals surface area contributed by atoms with E-state index in [4.69, 9.17) is 4.74 Å². The molecule has 0 N–H and O–H groups in total. The lowest BCUT2D eigenvalue weighted by atomic mass is 10.1. The highest BCUT2D eigenvalue weighted by atomic mass is 16.5. The molecule has 68 valence electrons. The Morgan fingerprint density at radius 1 is 1.58 bits per heavy atom. The maximum absolute atomic E-state index is 11.0. The molecular formula is C10H16O2. The quantitative estimate of drug-likeness (QED) is 0.366. The molecule has 0 aromatic rings. The van der Waals surface area contributed by atoms with E-state index in [1.807, 2.05) is 20.8 Å². The molecule has 0 aliphatic carbocycles. The highest BCUT2D eigenvalue weighted by molar-refractivity contribution is 5.82. The van der Waals surface area contributed by atoms with Gasteiger partial charge in [-0.1, -0.05) is 32.1 Å². The Hall–Kier alpha value is -1.05. The van der Waals surface area contributed by atoms with Gasteiger partial charge in [0.15, 0.2) is 0 Å². The fraction of sp³-hybridized carbons (Fsp3) is 0.500. The van der Waals surface area contributed by atoms with Crippen LogP contribution in [0.5, 0.6) is 0 Å². The van der Waals surface area contributed by atoms with Crippen LogP contribution in [0.25, 0.3) is 0 Å². The summed E-state index contributed by atoms with van der Waals surface area (Å²) in [6.45, 7) is 9.71. The molecule has 0 unspecified atom stereocenters. The van der Waals surface area contributed by atoms with Gasteiger partial charge in [-0.05, 0) is 12.8 Å². The summed E-state index contributed by atoms with van der Waals surface area (Å²) in [5, 5.41) is 0. The van der Waals surface area contributed by atoms with Crippen molar-refractivity contribution in [1.29, 1.82) is 0 Å². The van der Waals surface area contributed by atoms with E-state index in [9.17, 15) is 4.79 Å². The summed E-state index contributed by atoms with van der Waals surface area (Å²) in [5.41, 5.74) is 1.03. The Bertz CT molecular complexity index is 190. The Balaban J connectivity index is 3.96. The molecule has 0 aliphatic rings. The second kappa shape index (κ2) is 5.58. The van der Waals surface area contributed by atoms with Crippen LogP contribution >= 0.6 is 0 Å². The molecule has 0 fully saturated rings. The monoisotopic (exact) mass is 168 g/mol. The molecule has 0 saturated carbocycles. The molecule has 0 aromatic carbocycles. The molecule has 0 heterocycles. The average molecular weight is 168 g/mol. The molecule has 0 amide bonds. The summed E-state index contributed by atoms with van der Waals surface area (Å²) < 4.78 is 4.78. The van der Waals surface area contributed by atoms with Crippen molar-refractivity contribution in [3.8, 4) is 0 Å². The molecule has 0 saturated heterocycles. The van der Waals surface area contributed by atoms with E-state index in [-0.39, 0.29) is 12.6 Å². The van der Waals surface area contributed by atoms with Crippen molar-refractivity contribution in [3.63, 3.8) is 0 Å². The lowest BCUT2D eigenvalue weighted by molar-refractivity contribution is -0.136. The van der Waals surface area contributed by atoms with Gasteiger partial charge in [-0.2, -0.15) is 0 Å². The maximum atomic E-state index is 11.0. The third kappa shape index (κ3) is 4.72. The van der Waals surface area contributed by atoms with E-state index in [0.29, 0.717) is 5.92 Å². The van der Waals surface area contributed by atoms with Crippen molar-refractivity contribution in [2.24, 2.45) is 5.92 Å². The number of carbonyl (C=O) groups excluding carboxylic acids is 1. The van der Waals surface area contributed by atoms with Crippen LogP contribution in [-0.2, 0) is 9.53 Å². The van der Waals surface area contributed by atoms with Crippen LogP contribution in [0.3, 0.4) is 0 Å². The lowest BCUT2D eigenvalue weighted by Crippen LogP contribution is -2.02. The highest BCUT2D eigenvalue weighted by Gasteiger charge is 2.00. The summed E-state index contributed by atoms with van der Waals surface area (Å²) in [6, 6.07) is 0. The molecule has 0 rings (SSSR count). The third-order valence-electron chi connectivity index (χ3n) is 1.60. The molecule has 0 aliphatic heterocycles. The summed E-state index contributed by atoms with van der Waals surface area (Å²) >= 11 is 0. The van der Waals surface area contributed by atoms with Gasteiger partial charge in [-0.3, -0.25) is 0 Å². The van der Waals surface area contributed by atoms with E-state index >= 15 is 0 Å². The van der Waals surface area contributed by atoms with Crippen molar-refractivity contribution in [1.82, 2.24) is 0 Å². The fourth-order valence-corrected chi connectivity index (χ4v) is 0.535. The van der Waals surface area contributed by atoms with E-state index in [1.54, 1.807) is 6.08 Å². The third-order valence-corrected chi connectivity index (χ3v) is 1.60. The van der Waals surface area contributed by atoms with Gasteiger partial charge in [0.1, 0.15) is 6.61 Å².